The maximum absolute atomic E-state index is 10.8. The number of carboxylic acid groups (broad SMARTS) is 1. The molecule has 0 radical (unpaired) electrons. The second-order valence-electron chi connectivity index (χ2n) is 3.81. The molecular weight excluding hydrogens is 264 g/mol. The summed E-state index contributed by atoms with van der Waals surface area (Å²) in [6.07, 6.45) is 1.61. The van der Waals surface area contributed by atoms with Crippen molar-refractivity contribution < 1.29 is 9.90 Å². The van der Waals surface area contributed by atoms with E-state index in [4.69, 9.17) is 16.7 Å². The fraction of sp³-hybridized carbons (Fsp3) is 0. The molecule has 0 heterocycles. The average molecular weight is 275 g/mol. The van der Waals surface area contributed by atoms with Gasteiger partial charge in [0.2, 0.25) is 0 Å². The molecule has 0 unspecified atom stereocenters. The van der Waals surface area contributed by atoms with Crippen molar-refractivity contribution in [3.8, 4) is 0 Å². The van der Waals surface area contributed by atoms with E-state index in [-0.39, 0.29) is 5.56 Å². The Hall–Kier alpha value is -2.33. The molecule has 5 heteroatoms. The summed E-state index contributed by atoms with van der Waals surface area (Å²) in [5.41, 5.74) is 4.45. The molecule has 0 aliphatic carbocycles. The first-order valence-corrected chi connectivity index (χ1v) is 5.91. The fourth-order valence-electron chi connectivity index (χ4n) is 1.49. The van der Waals surface area contributed by atoms with Crippen LogP contribution in [0.25, 0.3) is 0 Å². The largest absolute Gasteiger partial charge is 0.478 e. The Bertz CT molecular complexity index is 626. The number of nitrogens with zero attached hydrogens (tertiary/aromatic N) is 1. The minimum atomic E-state index is -0.970. The van der Waals surface area contributed by atoms with E-state index < -0.39 is 5.97 Å². The molecule has 0 spiro atoms. The van der Waals surface area contributed by atoms with Gasteiger partial charge in [-0.05, 0) is 35.9 Å². The van der Waals surface area contributed by atoms with Gasteiger partial charge in [0.1, 0.15) is 0 Å². The molecule has 0 saturated heterocycles. The lowest BCUT2D eigenvalue weighted by molar-refractivity contribution is 0.0697. The number of carbonyl (C=O) groups is 1. The van der Waals surface area contributed by atoms with Crippen molar-refractivity contribution in [1.82, 2.24) is 0 Å². The van der Waals surface area contributed by atoms with Crippen molar-refractivity contribution in [2.45, 2.75) is 0 Å². The molecule has 0 saturated carbocycles. The van der Waals surface area contributed by atoms with Crippen LogP contribution in [0, 0.1) is 0 Å². The molecule has 2 aromatic carbocycles. The van der Waals surface area contributed by atoms with E-state index in [1.807, 2.05) is 12.1 Å². The molecule has 2 N–H and O–H groups in total. The van der Waals surface area contributed by atoms with Crippen LogP contribution in [0.15, 0.2) is 53.6 Å². The lowest BCUT2D eigenvalue weighted by Gasteiger charge is -2.01. The van der Waals surface area contributed by atoms with E-state index in [2.05, 4.69) is 10.5 Å². The van der Waals surface area contributed by atoms with Crippen LogP contribution in [0.2, 0.25) is 5.02 Å². The molecular formula is C14H11ClN2O2. The monoisotopic (exact) mass is 274 g/mol. The molecule has 0 fully saturated rings. The van der Waals surface area contributed by atoms with E-state index in [0.717, 1.165) is 5.56 Å². The lowest BCUT2D eigenvalue weighted by Crippen LogP contribution is -1.97. The Kier molecular flexibility index (Phi) is 4.15. The van der Waals surface area contributed by atoms with Crippen LogP contribution in [-0.4, -0.2) is 17.3 Å². The van der Waals surface area contributed by atoms with Gasteiger partial charge in [0, 0.05) is 5.02 Å². The van der Waals surface area contributed by atoms with Gasteiger partial charge in [-0.1, -0.05) is 29.8 Å². The van der Waals surface area contributed by atoms with Gasteiger partial charge in [-0.2, -0.15) is 5.10 Å². The maximum Gasteiger partial charge on any atom is 0.335 e. The van der Waals surface area contributed by atoms with E-state index in [1.54, 1.807) is 30.5 Å². The predicted octanol–water partition coefficient (Wildman–Crippen LogP) is 3.48. The highest BCUT2D eigenvalue weighted by atomic mass is 35.5. The SMILES string of the molecule is O=C(O)c1cccc(NN=Cc2cccc(Cl)c2)c1. The normalized spacial score (nSPS) is 10.6. The number of aromatic carboxylic acids is 1. The smallest absolute Gasteiger partial charge is 0.335 e. The van der Waals surface area contributed by atoms with Crippen molar-refractivity contribution in [2.24, 2.45) is 5.10 Å². The van der Waals surface area contributed by atoms with Gasteiger partial charge in [0.15, 0.2) is 0 Å². The van der Waals surface area contributed by atoms with Crippen LogP contribution in [0.4, 0.5) is 5.69 Å². The summed E-state index contributed by atoms with van der Waals surface area (Å²) in [5.74, 6) is -0.970. The van der Waals surface area contributed by atoms with Gasteiger partial charge in [0.25, 0.3) is 0 Å². The summed E-state index contributed by atoms with van der Waals surface area (Å²) >= 11 is 5.85. The number of halogens is 1. The zero-order valence-corrected chi connectivity index (χ0v) is 10.6. The highest BCUT2D eigenvalue weighted by Gasteiger charge is 2.01. The molecule has 0 aromatic heterocycles. The quantitative estimate of drug-likeness (QED) is 0.663. The average Bonchev–Trinajstić information content (AvgIpc) is 2.39. The van der Waals surface area contributed by atoms with Crippen molar-refractivity contribution in [2.75, 3.05) is 5.43 Å². The number of hydrogen-bond donors (Lipinski definition) is 2. The fourth-order valence-corrected chi connectivity index (χ4v) is 1.69. The first-order chi connectivity index (χ1) is 9.15. The molecule has 0 aliphatic heterocycles. The number of carboxylic acids is 1. The third-order valence-corrected chi connectivity index (χ3v) is 2.60. The summed E-state index contributed by atoms with van der Waals surface area (Å²) in [5, 5.41) is 13.5. The Morgan fingerprint density at radius 2 is 2.00 bits per heavy atom. The molecule has 0 atom stereocenters. The Labute approximate surface area is 115 Å². The molecule has 96 valence electrons. The number of rotatable bonds is 4. The van der Waals surface area contributed by atoms with Crippen molar-refractivity contribution in [3.63, 3.8) is 0 Å². The van der Waals surface area contributed by atoms with Crippen LogP contribution in [0.5, 0.6) is 0 Å². The number of benzene rings is 2. The van der Waals surface area contributed by atoms with Crippen LogP contribution >= 0.6 is 11.6 Å². The molecule has 2 rings (SSSR count). The minimum absolute atomic E-state index is 0.211. The summed E-state index contributed by atoms with van der Waals surface area (Å²) in [7, 11) is 0. The molecule has 0 amide bonds. The summed E-state index contributed by atoms with van der Waals surface area (Å²) in [6, 6.07) is 13.7. The molecule has 2 aromatic rings. The lowest BCUT2D eigenvalue weighted by atomic mass is 10.2. The zero-order chi connectivity index (χ0) is 13.7. The Morgan fingerprint density at radius 3 is 2.74 bits per heavy atom. The van der Waals surface area contributed by atoms with Gasteiger partial charge in [-0.15, -0.1) is 0 Å². The van der Waals surface area contributed by atoms with Gasteiger partial charge in [-0.3, -0.25) is 5.43 Å². The van der Waals surface area contributed by atoms with Crippen LogP contribution < -0.4 is 5.43 Å². The van der Waals surface area contributed by atoms with Gasteiger partial charge >= 0.3 is 5.97 Å². The van der Waals surface area contributed by atoms with E-state index in [1.165, 1.54) is 12.1 Å². The van der Waals surface area contributed by atoms with Crippen molar-refractivity contribution >= 4 is 29.5 Å². The van der Waals surface area contributed by atoms with E-state index in [9.17, 15) is 4.79 Å². The summed E-state index contributed by atoms with van der Waals surface area (Å²) in [6.45, 7) is 0. The number of hydrazone groups is 1. The van der Waals surface area contributed by atoms with Crippen molar-refractivity contribution in [3.05, 3.63) is 64.7 Å². The third kappa shape index (κ3) is 3.82. The second kappa shape index (κ2) is 6.02. The van der Waals surface area contributed by atoms with Gasteiger partial charge < -0.3 is 5.11 Å². The maximum atomic E-state index is 10.8. The number of nitrogens with one attached hydrogen (secondary N) is 1. The molecule has 0 bridgehead atoms. The highest BCUT2D eigenvalue weighted by Crippen LogP contribution is 2.11. The molecule has 4 nitrogen and oxygen atoms in total. The van der Waals surface area contributed by atoms with E-state index >= 15 is 0 Å². The summed E-state index contributed by atoms with van der Waals surface area (Å²) < 4.78 is 0. The number of anilines is 1. The minimum Gasteiger partial charge on any atom is -0.478 e. The zero-order valence-electron chi connectivity index (χ0n) is 9.88. The highest BCUT2D eigenvalue weighted by molar-refractivity contribution is 6.30. The predicted molar refractivity (Wildman–Crippen MR) is 76.1 cm³/mol. The third-order valence-electron chi connectivity index (χ3n) is 2.37. The van der Waals surface area contributed by atoms with Gasteiger partial charge in [0.05, 0.1) is 17.5 Å². The second-order valence-corrected chi connectivity index (χ2v) is 4.25. The van der Waals surface area contributed by atoms with Crippen molar-refractivity contribution in [1.29, 1.82) is 0 Å². The first-order valence-electron chi connectivity index (χ1n) is 5.53. The summed E-state index contributed by atoms with van der Waals surface area (Å²) in [4.78, 5) is 10.8. The first kappa shape index (κ1) is 13.1. The number of hydrogen-bond acceptors (Lipinski definition) is 3. The van der Waals surface area contributed by atoms with E-state index in [0.29, 0.717) is 10.7 Å². The van der Waals surface area contributed by atoms with Gasteiger partial charge in [-0.25, -0.2) is 4.79 Å². The van der Waals surface area contributed by atoms with Crippen LogP contribution in [0.1, 0.15) is 15.9 Å². The Balaban J connectivity index is 2.06. The molecule has 0 aliphatic rings. The van der Waals surface area contributed by atoms with Crippen LogP contribution in [-0.2, 0) is 0 Å². The molecule has 19 heavy (non-hydrogen) atoms. The topological polar surface area (TPSA) is 61.7 Å². The standard InChI is InChI=1S/C14H11ClN2O2/c15-12-5-1-3-10(7-12)9-16-17-13-6-2-4-11(8-13)14(18)19/h1-9,17H,(H,18,19). The van der Waals surface area contributed by atoms with Crippen LogP contribution in [0.3, 0.4) is 0 Å². The Morgan fingerprint density at radius 1 is 1.21 bits per heavy atom.